The van der Waals surface area contributed by atoms with Crippen LogP contribution >= 0.6 is 0 Å². The van der Waals surface area contributed by atoms with Crippen LogP contribution in [0, 0.1) is 0 Å². The van der Waals surface area contributed by atoms with Crippen LogP contribution in [0.5, 0.6) is 17.2 Å². The zero-order chi connectivity index (χ0) is 20.5. The van der Waals surface area contributed by atoms with Crippen molar-refractivity contribution in [3.63, 3.8) is 0 Å². The number of rotatable bonds is 11. The highest BCUT2D eigenvalue weighted by Crippen LogP contribution is 2.39. The molecule has 29 heavy (non-hydrogen) atoms. The topological polar surface area (TPSA) is 84.0 Å². The molecule has 0 spiro atoms. The molecule has 2 aromatic carbocycles. The SMILES string of the molecule is COCCOc1ccc2ncnc(Nc3ccc(OC)cc3)c2c1OCCOC. The summed E-state index contributed by atoms with van der Waals surface area (Å²) in [7, 11) is 4.89. The van der Waals surface area contributed by atoms with E-state index in [0.29, 0.717) is 43.7 Å². The molecule has 1 heterocycles. The average molecular weight is 399 g/mol. The van der Waals surface area contributed by atoms with Gasteiger partial charge in [-0.25, -0.2) is 9.97 Å². The fraction of sp³-hybridized carbons (Fsp3) is 0.333. The van der Waals surface area contributed by atoms with Gasteiger partial charge in [0.15, 0.2) is 11.5 Å². The lowest BCUT2D eigenvalue weighted by molar-refractivity contribution is 0.133. The molecule has 3 aromatic rings. The van der Waals surface area contributed by atoms with Crippen LogP contribution in [0.25, 0.3) is 10.9 Å². The number of nitrogens with one attached hydrogen (secondary N) is 1. The molecule has 1 aromatic heterocycles. The molecule has 0 saturated carbocycles. The van der Waals surface area contributed by atoms with E-state index in [1.54, 1.807) is 21.3 Å². The lowest BCUT2D eigenvalue weighted by Gasteiger charge is -2.17. The summed E-state index contributed by atoms with van der Waals surface area (Å²) in [5, 5.41) is 4.06. The Kier molecular flexibility index (Phi) is 7.43. The van der Waals surface area contributed by atoms with Crippen molar-refractivity contribution in [1.82, 2.24) is 9.97 Å². The number of methoxy groups -OCH3 is 3. The van der Waals surface area contributed by atoms with Gasteiger partial charge in [0.2, 0.25) is 0 Å². The Morgan fingerprint density at radius 2 is 1.52 bits per heavy atom. The van der Waals surface area contributed by atoms with Crippen molar-refractivity contribution in [1.29, 1.82) is 0 Å². The molecule has 0 amide bonds. The predicted octanol–water partition coefficient (Wildman–Crippen LogP) is 3.43. The minimum absolute atomic E-state index is 0.368. The smallest absolute Gasteiger partial charge is 0.174 e. The van der Waals surface area contributed by atoms with Crippen LogP contribution in [-0.4, -0.2) is 57.7 Å². The van der Waals surface area contributed by atoms with Gasteiger partial charge in [0, 0.05) is 19.9 Å². The van der Waals surface area contributed by atoms with Crippen molar-refractivity contribution in [3.05, 3.63) is 42.7 Å². The molecule has 0 aliphatic heterocycles. The van der Waals surface area contributed by atoms with E-state index in [4.69, 9.17) is 23.7 Å². The van der Waals surface area contributed by atoms with Gasteiger partial charge in [-0.15, -0.1) is 0 Å². The molecule has 8 heteroatoms. The Labute approximate surface area is 169 Å². The second-order valence-electron chi connectivity index (χ2n) is 6.05. The number of benzene rings is 2. The van der Waals surface area contributed by atoms with Gasteiger partial charge in [-0.3, -0.25) is 0 Å². The van der Waals surface area contributed by atoms with Gasteiger partial charge in [0.1, 0.15) is 31.1 Å². The van der Waals surface area contributed by atoms with E-state index in [1.165, 1.54) is 6.33 Å². The van der Waals surface area contributed by atoms with Gasteiger partial charge >= 0.3 is 0 Å². The zero-order valence-electron chi connectivity index (χ0n) is 16.8. The molecule has 0 unspecified atom stereocenters. The van der Waals surface area contributed by atoms with E-state index in [-0.39, 0.29) is 0 Å². The monoisotopic (exact) mass is 399 g/mol. The first-order valence-corrected chi connectivity index (χ1v) is 9.19. The van der Waals surface area contributed by atoms with Gasteiger partial charge in [-0.2, -0.15) is 0 Å². The number of anilines is 2. The average Bonchev–Trinajstić information content (AvgIpc) is 2.75. The summed E-state index contributed by atoms with van der Waals surface area (Å²) in [6.07, 6.45) is 1.51. The third kappa shape index (κ3) is 5.24. The summed E-state index contributed by atoms with van der Waals surface area (Å²) < 4.78 is 27.3. The van der Waals surface area contributed by atoms with Crippen LogP contribution in [-0.2, 0) is 9.47 Å². The molecule has 8 nitrogen and oxygen atoms in total. The second-order valence-corrected chi connectivity index (χ2v) is 6.05. The van der Waals surface area contributed by atoms with Crippen molar-refractivity contribution in [2.75, 3.05) is 53.1 Å². The van der Waals surface area contributed by atoms with E-state index in [2.05, 4.69) is 15.3 Å². The van der Waals surface area contributed by atoms with Gasteiger partial charge in [0.05, 0.1) is 31.2 Å². The first-order valence-electron chi connectivity index (χ1n) is 9.19. The summed E-state index contributed by atoms with van der Waals surface area (Å²) in [5.74, 6) is 2.55. The molecule has 0 saturated heterocycles. The van der Waals surface area contributed by atoms with E-state index in [0.717, 1.165) is 22.3 Å². The van der Waals surface area contributed by atoms with Crippen LogP contribution in [0.3, 0.4) is 0 Å². The Hall–Kier alpha value is -3.10. The number of hydrogen-bond acceptors (Lipinski definition) is 8. The van der Waals surface area contributed by atoms with E-state index < -0.39 is 0 Å². The van der Waals surface area contributed by atoms with Crippen molar-refractivity contribution < 1.29 is 23.7 Å². The van der Waals surface area contributed by atoms with Gasteiger partial charge in [-0.05, 0) is 36.4 Å². The summed E-state index contributed by atoms with van der Waals surface area (Å²) in [5.41, 5.74) is 1.60. The Morgan fingerprint density at radius 3 is 2.21 bits per heavy atom. The Balaban J connectivity index is 1.99. The van der Waals surface area contributed by atoms with Crippen molar-refractivity contribution >= 4 is 22.4 Å². The Morgan fingerprint density at radius 1 is 0.793 bits per heavy atom. The highest BCUT2D eigenvalue weighted by Gasteiger charge is 2.16. The molecule has 0 aliphatic rings. The van der Waals surface area contributed by atoms with Gasteiger partial charge < -0.3 is 29.0 Å². The number of fused-ring (bicyclic) bond motifs is 1. The van der Waals surface area contributed by atoms with Crippen LogP contribution in [0.4, 0.5) is 11.5 Å². The quantitative estimate of drug-likeness (QED) is 0.491. The maximum Gasteiger partial charge on any atom is 0.174 e. The molecule has 0 bridgehead atoms. The maximum absolute atomic E-state index is 6.01. The highest BCUT2D eigenvalue weighted by atomic mass is 16.5. The molecule has 0 atom stereocenters. The van der Waals surface area contributed by atoms with Crippen LogP contribution in [0.15, 0.2) is 42.7 Å². The van der Waals surface area contributed by atoms with E-state index in [1.807, 2.05) is 36.4 Å². The molecular formula is C21H25N3O5. The minimum Gasteiger partial charge on any atom is -0.497 e. The molecule has 0 radical (unpaired) electrons. The summed E-state index contributed by atoms with van der Waals surface area (Å²) in [6.45, 7) is 1.69. The molecule has 0 aliphatic carbocycles. The maximum atomic E-state index is 6.01. The fourth-order valence-corrected chi connectivity index (χ4v) is 2.73. The van der Waals surface area contributed by atoms with E-state index in [9.17, 15) is 0 Å². The number of aromatic nitrogens is 2. The highest BCUT2D eigenvalue weighted by molar-refractivity contribution is 5.97. The molecule has 0 fully saturated rings. The van der Waals surface area contributed by atoms with Crippen molar-refractivity contribution in [2.45, 2.75) is 0 Å². The molecule has 1 N–H and O–H groups in total. The number of ether oxygens (including phenoxy) is 5. The largest absolute Gasteiger partial charge is 0.497 e. The van der Waals surface area contributed by atoms with Gasteiger partial charge in [0.25, 0.3) is 0 Å². The number of hydrogen-bond donors (Lipinski definition) is 1. The van der Waals surface area contributed by atoms with E-state index >= 15 is 0 Å². The fourth-order valence-electron chi connectivity index (χ4n) is 2.73. The lowest BCUT2D eigenvalue weighted by atomic mass is 10.2. The first kappa shape index (κ1) is 20.6. The summed E-state index contributed by atoms with van der Waals surface area (Å²) in [4.78, 5) is 8.80. The molecular weight excluding hydrogens is 374 g/mol. The third-order valence-electron chi connectivity index (χ3n) is 4.15. The van der Waals surface area contributed by atoms with Gasteiger partial charge in [-0.1, -0.05) is 0 Å². The Bertz CT molecular complexity index is 918. The van der Waals surface area contributed by atoms with Crippen LogP contribution in [0.2, 0.25) is 0 Å². The van der Waals surface area contributed by atoms with Crippen LogP contribution < -0.4 is 19.5 Å². The molecule has 154 valence electrons. The summed E-state index contributed by atoms with van der Waals surface area (Å²) in [6, 6.07) is 11.3. The predicted molar refractivity (Wildman–Crippen MR) is 111 cm³/mol. The standard InChI is InChI=1S/C21H25N3O5/c1-25-10-12-28-18-9-8-17-19(20(18)29-13-11-26-2)21(23-14-22-17)24-15-4-6-16(27-3)7-5-15/h4-9,14H,10-13H2,1-3H3,(H,22,23,24). The zero-order valence-corrected chi connectivity index (χ0v) is 16.8. The number of nitrogens with zero attached hydrogens (tertiary/aromatic N) is 2. The first-order chi connectivity index (χ1) is 14.3. The normalized spacial score (nSPS) is 10.7. The lowest BCUT2D eigenvalue weighted by Crippen LogP contribution is -2.09. The van der Waals surface area contributed by atoms with Crippen molar-refractivity contribution in [3.8, 4) is 17.2 Å². The molecule has 3 rings (SSSR count). The van der Waals surface area contributed by atoms with Crippen molar-refractivity contribution in [2.24, 2.45) is 0 Å². The minimum atomic E-state index is 0.368. The third-order valence-corrected chi connectivity index (χ3v) is 4.15. The summed E-state index contributed by atoms with van der Waals surface area (Å²) >= 11 is 0. The second kappa shape index (κ2) is 10.4. The van der Waals surface area contributed by atoms with Crippen LogP contribution in [0.1, 0.15) is 0 Å².